The van der Waals surface area contributed by atoms with E-state index in [0.717, 1.165) is 10.0 Å². The van der Waals surface area contributed by atoms with Crippen LogP contribution in [0.3, 0.4) is 0 Å². The van der Waals surface area contributed by atoms with Crippen LogP contribution < -0.4 is 5.32 Å². The lowest BCUT2D eigenvalue weighted by atomic mass is 10.2. The van der Waals surface area contributed by atoms with Crippen molar-refractivity contribution in [3.63, 3.8) is 0 Å². The first-order valence-corrected chi connectivity index (χ1v) is 7.27. The van der Waals surface area contributed by atoms with Gasteiger partial charge in [0.2, 0.25) is 0 Å². The van der Waals surface area contributed by atoms with Gasteiger partial charge in [-0.2, -0.15) is 0 Å². The first-order valence-electron chi connectivity index (χ1n) is 6.10. The van der Waals surface area contributed by atoms with E-state index < -0.39 is 0 Å². The Balaban J connectivity index is 1.81. The molecule has 0 aromatic heterocycles. The molecule has 2 aromatic rings. The molecule has 0 saturated heterocycles. The summed E-state index contributed by atoms with van der Waals surface area (Å²) in [7, 11) is 0. The van der Waals surface area contributed by atoms with E-state index in [1.54, 1.807) is 24.3 Å². The van der Waals surface area contributed by atoms with Crippen molar-refractivity contribution in [2.75, 3.05) is 11.9 Å². The Bertz CT molecular complexity index is 662. The SMILES string of the molecule is O=C(CO/N=C\c1ccccc1Br)Nc1cccc(Cl)c1. The minimum absolute atomic E-state index is 0.173. The molecule has 0 fully saturated rings. The fraction of sp³-hybridized carbons (Fsp3) is 0.0667. The van der Waals surface area contributed by atoms with Crippen molar-refractivity contribution in [2.45, 2.75) is 0 Å². The average molecular weight is 368 g/mol. The standard InChI is InChI=1S/C15H12BrClN2O2/c16-14-7-2-1-4-11(14)9-18-21-10-15(20)19-13-6-3-5-12(17)8-13/h1-9H,10H2,(H,19,20)/b18-9-. The fourth-order valence-electron chi connectivity index (χ4n) is 1.53. The molecule has 21 heavy (non-hydrogen) atoms. The zero-order chi connectivity index (χ0) is 15.1. The van der Waals surface area contributed by atoms with Crippen LogP contribution in [0.15, 0.2) is 58.2 Å². The van der Waals surface area contributed by atoms with E-state index in [9.17, 15) is 4.79 Å². The molecule has 0 spiro atoms. The van der Waals surface area contributed by atoms with E-state index in [1.165, 1.54) is 6.21 Å². The van der Waals surface area contributed by atoms with Crippen molar-refractivity contribution in [3.8, 4) is 0 Å². The lowest BCUT2D eigenvalue weighted by Crippen LogP contribution is -2.16. The second-order valence-corrected chi connectivity index (χ2v) is 5.38. The molecule has 0 saturated carbocycles. The number of nitrogens with one attached hydrogen (secondary N) is 1. The summed E-state index contributed by atoms with van der Waals surface area (Å²) in [6, 6.07) is 14.5. The molecular formula is C15H12BrClN2O2. The summed E-state index contributed by atoms with van der Waals surface area (Å²) in [6.07, 6.45) is 1.54. The van der Waals surface area contributed by atoms with Crippen LogP contribution >= 0.6 is 27.5 Å². The molecule has 2 rings (SSSR count). The molecule has 0 aliphatic heterocycles. The molecule has 108 valence electrons. The number of hydrogen-bond donors (Lipinski definition) is 1. The van der Waals surface area contributed by atoms with Crippen LogP contribution in [0.25, 0.3) is 0 Å². The van der Waals surface area contributed by atoms with Crippen LogP contribution in [0.5, 0.6) is 0 Å². The zero-order valence-corrected chi connectivity index (χ0v) is 13.3. The highest BCUT2D eigenvalue weighted by atomic mass is 79.9. The smallest absolute Gasteiger partial charge is 0.265 e. The maximum absolute atomic E-state index is 11.6. The lowest BCUT2D eigenvalue weighted by molar-refractivity contribution is -0.120. The summed E-state index contributed by atoms with van der Waals surface area (Å²) < 4.78 is 0.903. The molecule has 1 amide bonds. The second-order valence-electron chi connectivity index (χ2n) is 4.09. The molecule has 0 bridgehead atoms. The van der Waals surface area contributed by atoms with Gasteiger partial charge in [-0.05, 0) is 24.3 Å². The largest absolute Gasteiger partial charge is 0.386 e. The molecule has 2 aromatic carbocycles. The second kappa shape index (κ2) is 7.81. The third kappa shape index (κ3) is 5.21. The summed E-state index contributed by atoms with van der Waals surface area (Å²) in [5.74, 6) is -0.304. The summed E-state index contributed by atoms with van der Waals surface area (Å²) in [4.78, 5) is 16.6. The highest BCUT2D eigenvalue weighted by Crippen LogP contribution is 2.15. The molecule has 0 radical (unpaired) electrons. The predicted octanol–water partition coefficient (Wildman–Crippen LogP) is 4.09. The van der Waals surface area contributed by atoms with Gasteiger partial charge in [0.15, 0.2) is 6.61 Å². The van der Waals surface area contributed by atoms with Gasteiger partial charge >= 0.3 is 0 Å². The quantitative estimate of drug-likeness (QED) is 0.639. The van der Waals surface area contributed by atoms with Crippen LogP contribution in [0.1, 0.15) is 5.56 Å². The topological polar surface area (TPSA) is 50.7 Å². The fourth-order valence-corrected chi connectivity index (χ4v) is 2.11. The molecule has 4 nitrogen and oxygen atoms in total. The van der Waals surface area contributed by atoms with Crippen LogP contribution in [-0.4, -0.2) is 18.7 Å². The Labute approximate surface area is 135 Å². The third-order valence-corrected chi connectivity index (χ3v) is 3.43. The Hall–Kier alpha value is -1.85. The molecule has 0 unspecified atom stereocenters. The van der Waals surface area contributed by atoms with Gasteiger partial charge in [-0.15, -0.1) is 0 Å². The number of rotatable bonds is 5. The van der Waals surface area contributed by atoms with E-state index in [1.807, 2.05) is 24.3 Å². The molecule has 0 heterocycles. The van der Waals surface area contributed by atoms with Crippen LogP contribution in [0, 0.1) is 0 Å². The predicted molar refractivity (Wildman–Crippen MR) is 87.8 cm³/mol. The van der Waals surface area contributed by atoms with Gasteiger partial charge < -0.3 is 10.2 Å². The van der Waals surface area contributed by atoms with E-state index in [4.69, 9.17) is 16.4 Å². The number of oxime groups is 1. The maximum atomic E-state index is 11.6. The van der Waals surface area contributed by atoms with Gasteiger partial charge in [-0.1, -0.05) is 57.0 Å². The van der Waals surface area contributed by atoms with Crippen LogP contribution in [-0.2, 0) is 9.63 Å². The highest BCUT2D eigenvalue weighted by molar-refractivity contribution is 9.10. The van der Waals surface area contributed by atoms with Crippen molar-refractivity contribution in [3.05, 3.63) is 63.6 Å². The van der Waals surface area contributed by atoms with Crippen molar-refractivity contribution < 1.29 is 9.63 Å². The third-order valence-electron chi connectivity index (χ3n) is 2.48. The summed E-state index contributed by atoms with van der Waals surface area (Å²) in [6.45, 7) is -0.173. The number of halogens is 2. The minimum Gasteiger partial charge on any atom is -0.386 e. The first-order chi connectivity index (χ1) is 10.1. The molecule has 0 aliphatic rings. The average Bonchev–Trinajstić information content (AvgIpc) is 2.45. The van der Waals surface area contributed by atoms with E-state index >= 15 is 0 Å². The van der Waals surface area contributed by atoms with Crippen molar-refractivity contribution in [1.29, 1.82) is 0 Å². The number of nitrogens with zero attached hydrogens (tertiary/aromatic N) is 1. The Morgan fingerprint density at radius 1 is 1.29 bits per heavy atom. The van der Waals surface area contributed by atoms with Gasteiger partial charge in [-0.3, -0.25) is 4.79 Å². The maximum Gasteiger partial charge on any atom is 0.265 e. The highest BCUT2D eigenvalue weighted by Gasteiger charge is 2.03. The first kappa shape index (κ1) is 15.5. The molecule has 6 heteroatoms. The van der Waals surface area contributed by atoms with Gasteiger partial charge in [0, 0.05) is 20.7 Å². The minimum atomic E-state index is -0.304. The van der Waals surface area contributed by atoms with Gasteiger partial charge in [0.05, 0.1) is 6.21 Å². The molecule has 1 N–H and O–H groups in total. The van der Waals surface area contributed by atoms with Gasteiger partial charge in [0.1, 0.15) is 0 Å². The van der Waals surface area contributed by atoms with E-state index in [0.29, 0.717) is 10.7 Å². The van der Waals surface area contributed by atoms with Gasteiger partial charge in [0.25, 0.3) is 5.91 Å². The number of carbonyl (C=O) groups excluding carboxylic acids is 1. The van der Waals surface area contributed by atoms with Crippen molar-refractivity contribution in [1.82, 2.24) is 0 Å². The van der Waals surface area contributed by atoms with Crippen molar-refractivity contribution >= 4 is 45.3 Å². The van der Waals surface area contributed by atoms with Gasteiger partial charge in [-0.25, -0.2) is 0 Å². The number of benzene rings is 2. The Kier molecular flexibility index (Phi) is 5.78. The van der Waals surface area contributed by atoms with E-state index in [2.05, 4.69) is 26.4 Å². The van der Waals surface area contributed by atoms with Crippen LogP contribution in [0.2, 0.25) is 5.02 Å². The summed E-state index contributed by atoms with van der Waals surface area (Å²) in [5.41, 5.74) is 1.48. The number of hydrogen-bond acceptors (Lipinski definition) is 3. The molecular weight excluding hydrogens is 356 g/mol. The lowest BCUT2D eigenvalue weighted by Gasteiger charge is -2.04. The number of amides is 1. The summed E-state index contributed by atoms with van der Waals surface area (Å²) in [5, 5.41) is 6.98. The zero-order valence-electron chi connectivity index (χ0n) is 10.9. The van der Waals surface area contributed by atoms with Crippen LogP contribution in [0.4, 0.5) is 5.69 Å². The van der Waals surface area contributed by atoms with Crippen molar-refractivity contribution in [2.24, 2.45) is 5.16 Å². The Morgan fingerprint density at radius 3 is 2.86 bits per heavy atom. The molecule has 0 atom stereocenters. The molecule has 0 aliphatic carbocycles. The number of anilines is 1. The normalized spacial score (nSPS) is 10.6. The monoisotopic (exact) mass is 366 g/mol. The Morgan fingerprint density at radius 2 is 2.10 bits per heavy atom. The summed E-state index contributed by atoms with van der Waals surface area (Å²) >= 11 is 9.22. The van der Waals surface area contributed by atoms with E-state index in [-0.39, 0.29) is 12.5 Å². The number of carbonyl (C=O) groups is 1.